The molecule has 1 saturated heterocycles. The van der Waals surface area contributed by atoms with Crippen molar-refractivity contribution in [3.05, 3.63) is 68.3 Å². The van der Waals surface area contributed by atoms with Gasteiger partial charge in [0.2, 0.25) is 0 Å². The highest BCUT2D eigenvalue weighted by Gasteiger charge is 2.28. The summed E-state index contributed by atoms with van der Waals surface area (Å²) < 4.78 is 0.729. The quantitative estimate of drug-likeness (QED) is 0.476. The molecular weight excluding hydrogens is 398 g/mol. The average molecular weight is 413 g/mol. The summed E-state index contributed by atoms with van der Waals surface area (Å²) in [5.41, 5.74) is 0.590. The number of rotatable bonds is 4. The number of nitro benzene ring substituents is 2. The molecular formula is C18H15N5O5S. The van der Waals surface area contributed by atoms with E-state index in [1.54, 1.807) is 17.0 Å². The number of anilines is 1. The number of nitrogens with zero attached hydrogens (tertiary/aromatic N) is 5. The van der Waals surface area contributed by atoms with Crippen molar-refractivity contribution in [3.8, 4) is 0 Å². The van der Waals surface area contributed by atoms with Gasteiger partial charge in [0.15, 0.2) is 5.13 Å². The third-order valence-corrected chi connectivity index (χ3v) is 5.82. The summed E-state index contributed by atoms with van der Waals surface area (Å²) in [6.07, 6.45) is 0. The first-order valence-electron chi connectivity index (χ1n) is 8.76. The number of carbonyl (C=O) groups is 1. The van der Waals surface area contributed by atoms with E-state index in [0.29, 0.717) is 31.7 Å². The first kappa shape index (κ1) is 18.7. The zero-order valence-corrected chi connectivity index (χ0v) is 15.9. The molecule has 0 aliphatic carbocycles. The highest BCUT2D eigenvalue weighted by Crippen LogP contribution is 2.32. The SMILES string of the molecule is O=C(c1ccccc1[N+](=O)[O-])N1CCN(c2nc3ccc([N+](=O)[O-])cc3s2)CC1. The molecule has 0 N–H and O–H groups in total. The van der Waals surface area contributed by atoms with Crippen LogP contribution in [-0.2, 0) is 0 Å². The van der Waals surface area contributed by atoms with Gasteiger partial charge in [-0.05, 0) is 12.1 Å². The Morgan fingerprint density at radius 2 is 1.72 bits per heavy atom. The molecule has 1 aliphatic heterocycles. The number of thiazole rings is 1. The number of nitro groups is 2. The molecule has 0 bridgehead atoms. The Bertz CT molecular complexity index is 1120. The number of carbonyl (C=O) groups excluding carboxylic acids is 1. The van der Waals surface area contributed by atoms with Crippen molar-refractivity contribution < 1.29 is 14.6 Å². The molecule has 1 amide bonds. The minimum atomic E-state index is -0.552. The van der Waals surface area contributed by atoms with Crippen molar-refractivity contribution in [2.45, 2.75) is 0 Å². The van der Waals surface area contributed by atoms with Crippen molar-refractivity contribution in [1.29, 1.82) is 0 Å². The third-order valence-electron chi connectivity index (χ3n) is 4.74. The Morgan fingerprint density at radius 3 is 2.41 bits per heavy atom. The first-order chi connectivity index (χ1) is 13.9. The summed E-state index contributed by atoms with van der Waals surface area (Å²) in [5, 5.41) is 22.8. The molecule has 11 heteroatoms. The Morgan fingerprint density at radius 1 is 1.00 bits per heavy atom. The van der Waals surface area contributed by atoms with Crippen LogP contribution in [0, 0.1) is 20.2 Å². The van der Waals surface area contributed by atoms with Crippen LogP contribution < -0.4 is 4.90 Å². The van der Waals surface area contributed by atoms with E-state index >= 15 is 0 Å². The molecule has 3 aromatic rings. The molecule has 1 aromatic heterocycles. The van der Waals surface area contributed by atoms with Gasteiger partial charge in [0.25, 0.3) is 17.3 Å². The number of hydrogen-bond donors (Lipinski definition) is 0. The van der Waals surface area contributed by atoms with Crippen LogP contribution in [-0.4, -0.2) is 51.8 Å². The summed E-state index contributed by atoms with van der Waals surface area (Å²) in [5.74, 6) is -0.364. The maximum Gasteiger partial charge on any atom is 0.282 e. The van der Waals surface area contributed by atoms with Crippen molar-refractivity contribution in [2.24, 2.45) is 0 Å². The highest BCUT2D eigenvalue weighted by atomic mass is 32.1. The van der Waals surface area contributed by atoms with Crippen molar-refractivity contribution in [1.82, 2.24) is 9.88 Å². The van der Waals surface area contributed by atoms with E-state index in [0.717, 1.165) is 9.83 Å². The van der Waals surface area contributed by atoms with Gasteiger partial charge in [0, 0.05) is 44.4 Å². The number of benzene rings is 2. The lowest BCUT2D eigenvalue weighted by Gasteiger charge is -2.34. The van der Waals surface area contributed by atoms with Crippen LogP contribution in [0.25, 0.3) is 10.2 Å². The number of fused-ring (bicyclic) bond motifs is 1. The van der Waals surface area contributed by atoms with E-state index in [9.17, 15) is 25.0 Å². The normalized spacial score (nSPS) is 14.2. The van der Waals surface area contributed by atoms with Gasteiger partial charge in [-0.1, -0.05) is 23.5 Å². The lowest BCUT2D eigenvalue weighted by atomic mass is 10.1. The zero-order chi connectivity index (χ0) is 20.5. The zero-order valence-electron chi connectivity index (χ0n) is 15.1. The standard InChI is InChI=1S/C18H15N5O5S/c24-17(13-3-1-2-4-15(13)23(27)28)20-7-9-21(10-8-20)18-19-14-6-5-12(22(25)26)11-16(14)29-18/h1-6,11H,7-10H2. The van der Waals surface area contributed by atoms with Crippen molar-refractivity contribution >= 4 is 44.0 Å². The molecule has 1 fully saturated rings. The molecule has 2 heterocycles. The number of amides is 1. The van der Waals surface area contributed by atoms with E-state index in [-0.39, 0.29) is 22.8 Å². The van der Waals surface area contributed by atoms with Crippen molar-refractivity contribution in [3.63, 3.8) is 0 Å². The predicted octanol–water partition coefficient (Wildman–Crippen LogP) is 3.08. The largest absolute Gasteiger partial charge is 0.345 e. The second-order valence-corrected chi connectivity index (χ2v) is 7.47. The van der Waals surface area contributed by atoms with Crippen LogP contribution in [0.4, 0.5) is 16.5 Å². The summed E-state index contributed by atoms with van der Waals surface area (Å²) >= 11 is 1.37. The van der Waals surface area contributed by atoms with Crippen LogP contribution in [0.1, 0.15) is 10.4 Å². The molecule has 0 atom stereocenters. The minimum Gasteiger partial charge on any atom is -0.345 e. The molecule has 4 rings (SSSR count). The van der Waals surface area contributed by atoms with Gasteiger partial charge in [0.1, 0.15) is 5.56 Å². The fourth-order valence-electron chi connectivity index (χ4n) is 3.23. The molecule has 1 aliphatic rings. The molecule has 0 unspecified atom stereocenters. The molecule has 29 heavy (non-hydrogen) atoms. The van der Waals surface area contributed by atoms with E-state index in [2.05, 4.69) is 4.98 Å². The monoisotopic (exact) mass is 413 g/mol. The summed E-state index contributed by atoms with van der Waals surface area (Å²) in [7, 11) is 0. The summed E-state index contributed by atoms with van der Waals surface area (Å²) in [4.78, 5) is 42.0. The number of hydrogen-bond acceptors (Lipinski definition) is 8. The lowest BCUT2D eigenvalue weighted by molar-refractivity contribution is -0.385. The molecule has 10 nitrogen and oxygen atoms in total. The fourth-order valence-corrected chi connectivity index (χ4v) is 4.29. The second kappa shape index (κ2) is 7.43. The number of piperazine rings is 1. The minimum absolute atomic E-state index is 0.0209. The number of non-ortho nitro benzene ring substituents is 1. The molecule has 0 radical (unpaired) electrons. The molecule has 148 valence electrons. The van der Waals surface area contributed by atoms with Gasteiger partial charge < -0.3 is 9.80 Å². The molecule has 0 spiro atoms. The number of aromatic nitrogens is 1. The fraction of sp³-hybridized carbons (Fsp3) is 0.222. The smallest absolute Gasteiger partial charge is 0.282 e. The van der Waals surface area contributed by atoms with Gasteiger partial charge in [0.05, 0.1) is 20.1 Å². The molecule has 0 saturated carbocycles. The van der Waals surface area contributed by atoms with E-state index in [4.69, 9.17) is 0 Å². The summed E-state index contributed by atoms with van der Waals surface area (Å²) in [6.45, 7) is 1.85. The van der Waals surface area contributed by atoms with Crippen LogP contribution >= 0.6 is 11.3 Å². The van der Waals surface area contributed by atoms with Gasteiger partial charge >= 0.3 is 0 Å². The Hall–Kier alpha value is -3.60. The van der Waals surface area contributed by atoms with E-state index in [1.165, 1.54) is 41.7 Å². The maximum atomic E-state index is 12.7. The topological polar surface area (TPSA) is 123 Å². The Labute approximate surface area is 168 Å². The van der Waals surface area contributed by atoms with Crippen LogP contribution in [0.5, 0.6) is 0 Å². The number of para-hydroxylation sites is 1. The van der Waals surface area contributed by atoms with Crippen LogP contribution in [0.15, 0.2) is 42.5 Å². The van der Waals surface area contributed by atoms with Gasteiger partial charge in [-0.15, -0.1) is 0 Å². The van der Waals surface area contributed by atoms with E-state index < -0.39 is 9.85 Å². The Kier molecular flexibility index (Phi) is 4.80. The van der Waals surface area contributed by atoms with Gasteiger partial charge in [-0.3, -0.25) is 25.0 Å². The highest BCUT2D eigenvalue weighted by molar-refractivity contribution is 7.22. The lowest BCUT2D eigenvalue weighted by Crippen LogP contribution is -2.48. The maximum absolute atomic E-state index is 12.7. The Balaban J connectivity index is 1.48. The average Bonchev–Trinajstić information content (AvgIpc) is 3.16. The molecule has 2 aromatic carbocycles. The van der Waals surface area contributed by atoms with Gasteiger partial charge in [-0.25, -0.2) is 4.98 Å². The van der Waals surface area contributed by atoms with Crippen molar-refractivity contribution in [2.75, 3.05) is 31.1 Å². The third kappa shape index (κ3) is 3.59. The second-order valence-electron chi connectivity index (χ2n) is 6.46. The van der Waals surface area contributed by atoms with Crippen LogP contribution in [0.2, 0.25) is 0 Å². The van der Waals surface area contributed by atoms with Gasteiger partial charge in [-0.2, -0.15) is 0 Å². The van der Waals surface area contributed by atoms with E-state index in [1.807, 2.05) is 4.90 Å². The first-order valence-corrected chi connectivity index (χ1v) is 9.58. The summed E-state index contributed by atoms with van der Waals surface area (Å²) in [6, 6.07) is 10.5. The predicted molar refractivity (Wildman–Crippen MR) is 107 cm³/mol. The van der Waals surface area contributed by atoms with Crippen LogP contribution in [0.3, 0.4) is 0 Å².